The number of nitrogens with two attached hydrogens (primary N) is 1. The minimum absolute atomic E-state index is 0.177. The summed E-state index contributed by atoms with van der Waals surface area (Å²) in [7, 11) is 0. The minimum Gasteiger partial charge on any atom is -0.398 e. The predicted molar refractivity (Wildman–Crippen MR) is 68.5 cm³/mol. The molecule has 0 heterocycles. The second-order valence-electron chi connectivity index (χ2n) is 3.12. The van der Waals surface area contributed by atoms with E-state index in [0.29, 0.717) is 24.5 Å². The average molecular weight is 282 g/mol. The van der Waals surface area contributed by atoms with E-state index in [-0.39, 0.29) is 21.5 Å². The van der Waals surface area contributed by atoms with Gasteiger partial charge in [-0.25, -0.2) is 0 Å². The first-order valence-corrected chi connectivity index (χ1v) is 5.94. The summed E-state index contributed by atoms with van der Waals surface area (Å²) in [5.41, 5.74) is 6.12. The summed E-state index contributed by atoms with van der Waals surface area (Å²) in [5, 5.41) is 3.12. The van der Waals surface area contributed by atoms with E-state index >= 15 is 0 Å². The first kappa shape index (κ1) is 13.4. The molecule has 0 bridgehead atoms. The fraction of sp³-hybridized carbons (Fsp3) is 0.300. The molecule has 0 unspecified atom stereocenters. The zero-order chi connectivity index (χ0) is 12.1. The number of hydrogen-bond donors (Lipinski definition) is 2. The molecule has 3 N–H and O–H groups in total. The lowest BCUT2D eigenvalue weighted by molar-refractivity contribution is 0.0954. The third-order valence-electron chi connectivity index (χ3n) is 1.94. The standard InChI is InChI=1S/C10H11Cl3N2O/c11-4-1-5-15-10(16)8-6(12)2-3-7(14)9(8)13/h2-3H,1,4-5,14H2,(H,15,16). The normalized spacial score (nSPS) is 10.2. The molecule has 1 aromatic rings. The van der Waals surface area contributed by atoms with Gasteiger partial charge >= 0.3 is 0 Å². The molecular formula is C10H11Cl3N2O. The molecule has 0 saturated heterocycles. The number of carbonyl (C=O) groups is 1. The van der Waals surface area contributed by atoms with Gasteiger partial charge in [-0.15, -0.1) is 11.6 Å². The van der Waals surface area contributed by atoms with Crippen LogP contribution in [0.15, 0.2) is 12.1 Å². The van der Waals surface area contributed by atoms with Crippen LogP contribution in [-0.4, -0.2) is 18.3 Å². The van der Waals surface area contributed by atoms with Crippen molar-refractivity contribution < 1.29 is 4.79 Å². The van der Waals surface area contributed by atoms with Gasteiger partial charge in [-0.3, -0.25) is 4.79 Å². The number of rotatable bonds is 4. The Balaban J connectivity index is 2.86. The van der Waals surface area contributed by atoms with Gasteiger partial charge in [-0.1, -0.05) is 23.2 Å². The second kappa shape index (κ2) is 6.18. The number of benzene rings is 1. The molecule has 0 aliphatic carbocycles. The van der Waals surface area contributed by atoms with E-state index in [1.54, 1.807) is 12.1 Å². The van der Waals surface area contributed by atoms with Gasteiger partial charge in [0.05, 0.1) is 21.3 Å². The van der Waals surface area contributed by atoms with Gasteiger partial charge < -0.3 is 11.1 Å². The summed E-state index contributed by atoms with van der Waals surface area (Å²) in [6.45, 7) is 0.476. The van der Waals surface area contributed by atoms with Gasteiger partial charge in [-0.2, -0.15) is 0 Å². The second-order valence-corrected chi connectivity index (χ2v) is 4.29. The van der Waals surface area contributed by atoms with E-state index in [4.69, 9.17) is 40.5 Å². The van der Waals surface area contributed by atoms with E-state index in [1.807, 2.05) is 0 Å². The largest absolute Gasteiger partial charge is 0.398 e. The zero-order valence-electron chi connectivity index (χ0n) is 8.40. The van der Waals surface area contributed by atoms with Crippen LogP contribution >= 0.6 is 34.8 Å². The van der Waals surface area contributed by atoms with Crippen LogP contribution in [0.1, 0.15) is 16.8 Å². The van der Waals surface area contributed by atoms with Crippen LogP contribution in [0.2, 0.25) is 10.0 Å². The molecule has 16 heavy (non-hydrogen) atoms. The Morgan fingerprint density at radius 3 is 2.69 bits per heavy atom. The predicted octanol–water partition coefficient (Wildman–Crippen LogP) is 2.93. The number of nitrogen functional groups attached to an aromatic ring is 1. The molecule has 0 saturated carbocycles. The highest BCUT2D eigenvalue weighted by Gasteiger charge is 2.16. The SMILES string of the molecule is Nc1ccc(Cl)c(C(=O)NCCCCl)c1Cl. The van der Waals surface area contributed by atoms with Crippen LogP contribution < -0.4 is 11.1 Å². The molecule has 0 aliphatic heterocycles. The number of nitrogens with one attached hydrogen (secondary N) is 1. The fourth-order valence-electron chi connectivity index (χ4n) is 1.13. The van der Waals surface area contributed by atoms with Crippen LogP contribution in [0.25, 0.3) is 0 Å². The number of hydrogen-bond acceptors (Lipinski definition) is 2. The van der Waals surface area contributed by atoms with E-state index in [9.17, 15) is 4.79 Å². The van der Waals surface area contributed by atoms with Crippen molar-refractivity contribution in [2.24, 2.45) is 0 Å². The Morgan fingerprint density at radius 1 is 1.38 bits per heavy atom. The van der Waals surface area contributed by atoms with Crippen molar-refractivity contribution in [2.45, 2.75) is 6.42 Å². The third kappa shape index (κ3) is 3.17. The number of halogens is 3. The van der Waals surface area contributed by atoms with Crippen molar-refractivity contribution in [1.29, 1.82) is 0 Å². The highest BCUT2D eigenvalue weighted by molar-refractivity contribution is 6.41. The Morgan fingerprint density at radius 2 is 2.06 bits per heavy atom. The zero-order valence-corrected chi connectivity index (χ0v) is 10.7. The average Bonchev–Trinajstić information content (AvgIpc) is 2.24. The van der Waals surface area contributed by atoms with Crippen LogP contribution in [-0.2, 0) is 0 Å². The summed E-state index contributed by atoms with van der Waals surface area (Å²) in [6.07, 6.45) is 0.685. The van der Waals surface area contributed by atoms with Gasteiger partial charge in [0.1, 0.15) is 0 Å². The number of amides is 1. The maximum atomic E-state index is 11.7. The van der Waals surface area contributed by atoms with E-state index in [1.165, 1.54) is 0 Å². The number of carbonyl (C=O) groups excluding carboxylic acids is 1. The first-order valence-electron chi connectivity index (χ1n) is 4.65. The van der Waals surface area contributed by atoms with Crippen molar-refractivity contribution in [1.82, 2.24) is 5.32 Å². The summed E-state index contributed by atoms with van der Waals surface area (Å²) in [6, 6.07) is 3.10. The Labute approximate surface area is 109 Å². The smallest absolute Gasteiger partial charge is 0.254 e. The lowest BCUT2D eigenvalue weighted by Gasteiger charge is -2.09. The van der Waals surface area contributed by atoms with Crippen molar-refractivity contribution in [3.05, 3.63) is 27.7 Å². The molecular weight excluding hydrogens is 270 g/mol. The van der Waals surface area contributed by atoms with Gasteiger partial charge in [0.15, 0.2) is 0 Å². The van der Waals surface area contributed by atoms with E-state index in [0.717, 1.165) is 0 Å². The quantitative estimate of drug-likeness (QED) is 0.506. The number of alkyl halides is 1. The van der Waals surface area contributed by atoms with Crippen LogP contribution in [0.5, 0.6) is 0 Å². The van der Waals surface area contributed by atoms with E-state index in [2.05, 4.69) is 5.32 Å². The van der Waals surface area contributed by atoms with Gasteiger partial charge in [0.2, 0.25) is 0 Å². The summed E-state index contributed by atoms with van der Waals surface area (Å²) < 4.78 is 0. The van der Waals surface area contributed by atoms with Crippen molar-refractivity contribution in [2.75, 3.05) is 18.2 Å². The molecule has 6 heteroatoms. The lowest BCUT2D eigenvalue weighted by Crippen LogP contribution is -2.25. The monoisotopic (exact) mass is 280 g/mol. The molecule has 0 aliphatic rings. The highest BCUT2D eigenvalue weighted by atomic mass is 35.5. The molecule has 0 fully saturated rings. The van der Waals surface area contributed by atoms with Gasteiger partial charge in [0, 0.05) is 12.4 Å². The van der Waals surface area contributed by atoms with Crippen LogP contribution in [0, 0.1) is 0 Å². The lowest BCUT2D eigenvalue weighted by atomic mass is 10.2. The van der Waals surface area contributed by atoms with E-state index < -0.39 is 0 Å². The van der Waals surface area contributed by atoms with Crippen molar-refractivity contribution in [3.63, 3.8) is 0 Å². The minimum atomic E-state index is -0.340. The summed E-state index contributed by atoms with van der Waals surface area (Å²) in [4.78, 5) is 11.7. The van der Waals surface area contributed by atoms with Crippen molar-refractivity contribution >= 4 is 46.4 Å². The summed E-state index contributed by atoms with van der Waals surface area (Å²) >= 11 is 17.3. The molecule has 1 aromatic carbocycles. The highest BCUT2D eigenvalue weighted by Crippen LogP contribution is 2.29. The van der Waals surface area contributed by atoms with Gasteiger partial charge in [-0.05, 0) is 18.6 Å². The topological polar surface area (TPSA) is 55.1 Å². The maximum Gasteiger partial charge on any atom is 0.254 e. The van der Waals surface area contributed by atoms with Crippen LogP contribution in [0.3, 0.4) is 0 Å². The molecule has 0 aromatic heterocycles. The molecule has 1 amide bonds. The molecule has 0 atom stereocenters. The molecule has 0 spiro atoms. The fourth-order valence-corrected chi connectivity index (χ4v) is 1.81. The van der Waals surface area contributed by atoms with Crippen molar-refractivity contribution in [3.8, 4) is 0 Å². The Hall–Kier alpha value is -0.640. The molecule has 3 nitrogen and oxygen atoms in total. The maximum absolute atomic E-state index is 11.7. The Bertz CT molecular complexity index is 396. The van der Waals surface area contributed by atoms with Gasteiger partial charge in [0.25, 0.3) is 5.91 Å². The molecule has 1 rings (SSSR count). The first-order chi connectivity index (χ1) is 7.57. The molecule has 0 radical (unpaired) electrons. The summed E-state index contributed by atoms with van der Waals surface area (Å²) in [5.74, 6) is 0.144. The molecule has 88 valence electrons. The van der Waals surface area contributed by atoms with Crippen LogP contribution in [0.4, 0.5) is 5.69 Å². The Kier molecular flexibility index (Phi) is 5.19. The third-order valence-corrected chi connectivity index (χ3v) is 2.93. The number of anilines is 1.